The Morgan fingerprint density at radius 2 is 2.10 bits per heavy atom. The van der Waals surface area contributed by atoms with Crippen molar-refractivity contribution in [1.29, 1.82) is 5.26 Å². The van der Waals surface area contributed by atoms with Crippen LogP contribution in [0.1, 0.15) is 30.9 Å². The quantitative estimate of drug-likeness (QED) is 0.366. The molecule has 0 radical (unpaired) electrons. The molecule has 3 aromatic heterocycles. The number of likely N-dealkylation sites (N-methyl/N-ethyl adjacent to an activating group) is 1. The summed E-state index contributed by atoms with van der Waals surface area (Å²) < 4.78 is 17.8. The molecule has 42 heavy (non-hydrogen) atoms. The van der Waals surface area contributed by atoms with Crippen LogP contribution in [0.25, 0.3) is 33.2 Å². The highest BCUT2D eigenvalue weighted by Gasteiger charge is 2.33. The molecule has 216 valence electrons. The van der Waals surface area contributed by atoms with Crippen LogP contribution in [0.2, 0.25) is 0 Å². The van der Waals surface area contributed by atoms with Crippen molar-refractivity contribution in [1.82, 2.24) is 29.5 Å². The minimum Gasteiger partial charge on any atom is -0.363 e. The zero-order valence-electron chi connectivity index (χ0n) is 24.0. The van der Waals surface area contributed by atoms with E-state index in [9.17, 15) is 14.9 Å². The van der Waals surface area contributed by atoms with E-state index in [4.69, 9.17) is 4.98 Å². The molecular weight excluding hydrogens is 535 g/mol. The average Bonchev–Trinajstić information content (AvgIpc) is 3.62. The minimum atomic E-state index is -0.555. The second-order valence-electron chi connectivity index (χ2n) is 11.3. The topological polar surface area (TPSA) is 114 Å². The van der Waals surface area contributed by atoms with Crippen molar-refractivity contribution in [2.75, 3.05) is 38.1 Å². The van der Waals surface area contributed by atoms with Crippen molar-refractivity contribution in [3.63, 3.8) is 0 Å². The molecule has 0 spiro atoms. The van der Waals surface area contributed by atoms with Crippen molar-refractivity contribution < 1.29 is 9.18 Å². The Hall–Kier alpha value is -4.56. The fourth-order valence-corrected chi connectivity index (χ4v) is 6.55. The molecule has 5 heterocycles. The predicted octanol–water partition coefficient (Wildman–Crippen LogP) is 3.58. The van der Waals surface area contributed by atoms with Crippen LogP contribution in [0.3, 0.4) is 0 Å². The smallest absolute Gasteiger partial charge is 0.272 e. The van der Waals surface area contributed by atoms with Crippen LogP contribution in [0, 0.1) is 24.1 Å². The summed E-state index contributed by atoms with van der Waals surface area (Å²) in [6.07, 6.45) is 4.85. The fourth-order valence-electron chi connectivity index (χ4n) is 6.55. The van der Waals surface area contributed by atoms with E-state index in [-0.39, 0.29) is 29.2 Å². The van der Waals surface area contributed by atoms with Gasteiger partial charge in [-0.1, -0.05) is 12.6 Å². The molecule has 11 heteroatoms. The van der Waals surface area contributed by atoms with Gasteiger partial charge < -0.3 is 14.7 Å². The van der Waals surface area contributed by atoms with Gasteiger partial charge in [0.1, 0.15) is 28.8 Å². The van der Waals surface area contributed by atoms with Gasteiger partial charge in [-0.2, -0.15) is 10.4 Å². The molecule has 2 aliphatic rings. The molecule has 1 aromatic carbocycles. The van der Waals surface area contributed by atoms with Crippen molar-refractivity contribution in [2.24, 2.45) is 0 Å². The van der Waals surface area contributed by atoms with Crippen molar-refractivity contribution in [3.8, 4) is 17.3 Å². The number of hydrogen-bond donors (Lipinski definition) is 1. The Morgan fingerprint density at radius 1 is 1.29 bits per heavy atom. The summed E-state index contributed by atoms with van der Waals surface area (Å²) in [7, 11) is 2.03. The van der Waals surface area contributed by atoms with Crippen LogP contribution in [-0.2, 0) is 11.3 Å². The average molecular weight is 569 g/mol. The lowest BCUT2D eigenvalue weighted by molar-refractivity contribution is -0.126. The molecule has 2 saturated heterocycles. The molecule has 4 aromatic rings. The number of nitrogens with zero attached hydrogens (tertiary/aromatic N) is 7. The van der Waals surface area contributed by atoms with Crippen LogP contribution < -0.4 is 10.5 Å². The SMILES string of the molecule is C=CC(=O)N1CCN(c2c(C#N)c(=O)n(C[C@@H]3CCCN3C)c3nc(-c4c(C)ccc5[nH]ncc45)c(F)cc23)[C@@H](C)C1. The number of H-pyrrole nitrogens is 1. The molecule has 0 unspecified atom stereocenters. The van der Waals surface area contributed by atoms with Gasteiger partial charge in [-0.25, -0.2) is 9.37 Å². The lowest BCUT2D eigenvalue weighted by Gasteiger charge is -2.41. The Bertz CT molecular complexity index is 1840. The summed E-state index contributed by atoms with van der Waals surface area (Å²) in [6, 6.07) is 7.18. The zero-order valence-corrected chi connectivity index (χ0v) is 24.0. The highest BCUT2D eigenvalue weighted by Crippen LogP contribution is 2.37. The number of hydrogen-bond acceptors (Lipinski definition) is 7. The number of halogens is 1. The maximum Gasteiger partial charge on any atom is 0.272 e. The molecule has 0 bridgehead atoms. The van der Waals surface area contributed by atoms with E-state index >= 15 is 4.39 Å². The van der Waals surface area contributed by atoms with E-state index in [1.807, 2.05) is 37.9 Å². The van der Waals surface area contributed by atoms with Crippen molar-refractivity contribution in [3.05, 3.63) is 64.3 Å². The Balaban J connectivity index is 1.61. The first-order valence-electron chi connectivity index (χ1n) is 14.2. The maximum atomic E-state index is 16.3. The van der Waals surface area contributed by atoms with Gasteiger partial charge in [0, 0.05) is 54.6 Å². The van der Waals surface area contributed by atoms with Gasteiger partial charge in [0.05, 0.1) is 17.4 Å². The van der Waals surface area contributed by atoms with E-state index in [0.29, 0.717) is 48.5 Å². The monoisotopic (exact) mass is 568 g/mol. The third-order valence-corrected chi connectivity index (χ3v) is 8.81. The lowest BCUT2D eigenvalue weighted by Crippen LogP contribution is -2.54. The van der Waals surface area contributed by atoms with E-state index in [1.54, 1.807) is 15.7 Å². The van der Waals surface area contributed by atoms with Gasteiger partial charge in [0.2, 0.25) is 5.91 Å². The molecular formula is C31H33FN8O2. The highest BCUT2D eigenvalue weighted by molar-refractivity contribution is 5.99. The first-order valence-corrected chi connectivity index (χ1v) is 14.2. The molecule has 1 N–H and O–H groups in total. The van der Waals surface area contributed by atoms with Gasteiger partial charge in [-0.05, 0) is 64.1 Å². The standard InChI is InChI=1S/C31H33FN8O2/c1-5-26(41)38-11-12-39(19(3)16-38)29-21-13-24(32)28(27-18(2)8-9-25-23(27)15-34-36-25)35-30(21)40(31(42)22(29)14-33)17-20-7-6-10-37(20)4/h5,8-9,13,15,19-20H,1,6-7,10-12,16-17H2,2-4H3,(H,34,36)/t19-,20-/m0/s1. The lowest BCUT2D eigenvalue weighted by atomic mass is 9.99. The van der Waals surface area contributed by atoms with Crippen LogP contribution in [0.15, 0.2) is 41.8 Å². The van der Waals surface area contributed by atoms with Crippen molar-refractivity contribution in [2.45, 2.75) is 45.3 Å². The maximum absolute atomic E-state index is 16.3. The van der Waals surface area contributed by atoms with Gasteiger partial charge in [0.25, 0.3) is 5.56 Å². The molecule has 1 amide bonds. The van der Waals surface area contributed by atoms with Crippen LogP contribution in [0.5, 0.6) is 0 Å². The summed E-state index contributed by atoms with van der Waals surface area (Å²) in [5.41, 5.74) is 2.53. The normalized spacial score (nSPS) is 19.5. The summed E-state index contributed by atoms with van der Waals surface area (Å²) >= 11 is 0. The number of amides is 1. The summed E-state index contributed by atoms with van der Waals surface area (Å²) in [6.45, 7) is 9.79. The number of rotatable bonds is 5. The number of fused-ring (bicyclic) bond motifs is 2. The third-order valence-electron chi connectivity index (χ3n) is 8.81. The predicted molar refractivity (Wildman–Crippen MR) is 160 cm³/mol. The number of anilines is 1. The number of piperazine rings is 1. The molecule has 0 saturated carbocycles. The zero-order chi connectivity index (χ0) is 29.7. The van der Waals surface area contributed by atoms with E-state index in [1.165, 1.54) is 12.1 Å². The van der Waals surface area contributed by atoms with Crippen LogP contribution in [-0.4, -0.2) is 80.8 Å². The largest absolute Gasteiger partial charge is 0.363 e. The van der Waals surface area contributed by atoms with Gasteiger partial charge >= 0.3 is 0 Å². The number of nitriles is 1. The van der Waals surface area contributed by atoms with E-state index in [0.717, 1.165) is 35.9 Å². The number of aromatic amines is 1. The van der Waals surface area contributed by atoms with Crippen LogP contribution >= 0.6 is 0 Å². The number of aryl methyl sites for hydroxylation is 1. The second kappa shape index (κ2) is 10.7. The van der Waals surface area contributed by atoms with Gasteiger partial charge in [0.15, 0.2) is 0 Å². The third kappa shape index (κ3) is 4.43. The fraction of sp³-hybridized carbons (Fsp3) is 0.387. The summed E-state index contributed by atoms with van der Waals surface area (Å²) in [5, 5.41) is 18.5. The number of likely N-dealkylation sites (tertiary alicyclic amines) is 1. The molecule has 2 atom stereocenters. The number of carbonyl (C=O) groups is 1. The molecule has 0 aliphatic carbocycles. The highest BCUT2D eigenvalue weighted by atomic mass is 19.1. The number of nitrogens with one attached hydrogen (secondary N) is 1. The summed E-state index contributed by atoms with van der Waals surface area (Å²) in [4.78, 5) is 37.2. The summed E-state index contributed by atoms with van der Waals surface area (Å²) in [5.74, 6) is -0.732. The molecule has 2 aliphatic heterocycles. The number of carbonyl (C=O) groups excluding carboxylic acids is 1. The number of benzene rings is 1. The van der Waals surface area contributed by atoms with Crippen LogP contribution in [0.4, 0.5) is 10.1 Å². The second-order valence-corrected chi connectivity index (χ2v) is 11.3. The molecule has 2 fully saturated rings. The first kappa shape index (κ1) is 27.6. The Kier molecular flexibility index (Phi) is 7.02. The Labute approximate surface area is 242 Å². The first-order chi connectivity index (χ1) is 20.2. The number of aromatic nitrogens is 4. The minimum absolute atomic E-state index is 0.0411. The van der Waals surface area contributed by atoms with Gasteiger partial charge in [-0.3, -0.25) is 19.3 Å². The van der Waals surface area contributed by atoms with Crippen molar-refractivity contribution >= 4 is 33.5 Å². The molecule has 6 rings (SSSR count). The van der Waals surface area contributed by atoms with E-state index < -0.39 is 11.4 Å². The van der Waals surface area contributed by atoms with Gasteiger partial charge in [-0.15, -0.1) is 0 Å². The number of pyridine rings is 2. The van der Waals surface area contributed by atoms with E-state index in [2.05, 4.69) is 27.7 Å². The molecule has 10 nitrogen and oxygen atoms in total. The Morgan fingerprint density at radius 3 is 2.79 bits per heavy atom.